The van der Waals surface area contributed by atoms with Gasteiger partial charge in [-0.25, -0.2) is 0 Å². The van der Waals surface area contributed by atoms with Gasteiger partial charge in [0.25, 0.3) is 0 Å². The molecule has 0 unspecified atom stereocenters. The van der Waals surface area contributed by atoms with Crippen molar-refractivity contribution in [3.63, 3.8) is 0 Å². The normalized spacial score (nSPS) is 12.5. The highest BCUT2D eigenvalue weighted by Gasteiger charge is 2.14. The lowest BCUT2D eigenvalue weighted by atomic mass is 10.1. The number of para-hydroxylation sites is 1. The second-order valence-corrected chi connectivity index (χ2v) is 2.65. The molecule has 0 fully saturated rings. The average Bonchev–Trinajstić information content (AvgIpc) is 2.16. The van der Waals surface area contributed by atoms with Crippen molar-refractivity contribution in [1.82, 2.24) is 0 Å². The molecule has 72 valence electrons. The topological polar surface area (TPSA) is 75.7 Å². The Morgan fingerprint density at radius 3 is 2.77 bits per heavy atom. The minimum Gasteiger partial charge on any atom is -0.504 e. The van der Waals surface area contributed by atoms with Crippen LogP contribution in [-0.2, 0) is 0 Å². The zero-order chi connectivity index (χ0) is 9.84. The molecule has 0 saturated heterocycles. The van der Waals surface area contributed by atoms with Gasteiger partial charge in [0.2, 0.25) is 0 Å². The van der Waals surface area contributed by atoms with Crippen molar-refractivity contribution in [1.29, 1.82) is 0 Å². The first-order chi connectivity index (χ1) is 6.20. The summed E-state index contributed by atoms with van der Waals surface area (Å²) in [4.78, 5) is 0. The van der Waals surface area contributed by atoms with Crippen LogP contribution in [0.25, 0.3) is 0 Å². The van der Waals surface area contributed by atoms with Gasteiger partial charge < -0.3 is 20.7 Å². The zero-order valence-corrected chi connectivity index (χ0v) is 7.40. The Bertz CT molecular complexity index is 288. The van der Waals surface area contributed by atoms with Crippen LogP contribution >= 0.6 is 0 Å². The summed E-state index contributed by atoms with van der Waals surface area (Å²) in [7, 11) is 1.43. The lowest BCUT2D eigenvalue weighted by molar-refractivity contribution is 0.181. The van der Waals surface area contributed by atoms with Gasteiger partial charge in [-0.05, 0) is 6.07 Å². The standard InChI is InChI=1S/C9H13NO3/c1-13-9-6(8(12)5-10)3-2-4-7(9)11/h2-4,8,11-12H,5,10H2,1H3/t8-/m0/s1. The lowest BCUT2D eigenvalue weighted by Gasteiger charge is -2.13. The minimum absolute atomic E-state index is 0.00694. The summed E-state index contributed by atoms with van der Waals surface area (Å²) in [6.45, 7) is 0.0970. The van der Waals surface area contributed by atoms with Gasteiger partial charge in [-0.15, -0.1) is 0 Å². The molecule has 13 heavy (non-hydrogen) atoms. The van der Waals surface area contributed by atoms with E-state index in [1.807, 2.05) is 0 Å². The first-order valence-electron chi connectivity index (χ1n) is 3.94. The van der Waals surface area contributed by atoms with Gasteiger partial charge in [-0.1, -0.05) is 12.1 Å². The van der Waals surface area contributed by atoms with Crippen LogP contribution in [0.2, 0.25) is 0 Å². The number of phenols is 1. The van der Waals surface area contributed by atoms with Crippen LogP contribution < -0.4 is 10.5 Å². The SMILES string of the molecule is COc1c(O)cccc1[C@@H](O)CN. The van der Waals surface area contributed by atoms with Crippen molar-refractivity contribution in [3.8, 4) is 11.5 Å². The van der Waals surface area contributed by atoms with Crippen molar-refractivity contribution >= 4 is 0 Å². The van der Waals surface area contributed by atoms with E-state index in [0.717, 1.165) is 0 Å². The Kier molecular flexibility index (Phi) is 3.11. The molecule has 1 aromatic carbocycles. The molecule has 0 heterocycles. The zero-order valence-electron chi connectivity index (χ0n) is 7.40. The molecule has 1 atom stereocenters. The number of hydrogen-bond acceptors (Lipinski definition) is 4. The number of ether oxygens (including phenoxy) is 1. The average molecular weight is 183 g/mol. The molecule has 4 heteroatoms. The van der Waals surface area contributed by atoms with Gasteiger partial charge in [-0.2, -0.15) is 0 Å². The van der Waals surface area contributed by atoms with Crippen LogP contribution in [0.3, 0.4) is 0 Å². The number of hydrogen-bond donors (Lipinski definition) is 3. The molecule has 0 aliphatic rings. The molecule has 0 saturated carbocycles. The summed E-state index contributed by atoms with van der Waals surface area (Å²) in [5.41, 5.74) is 5.80. The van der Waals surface area contributed by atoms with Gasteiger partial charge in [0.15, 0.2) is 11.5 Å². The van der Waals surface area contributed by atoms with E-state index in [-0.39, 0.29) is 18.0 Å². The van der Waals surface area contributed by atoms with E-state index < -0.39 is 6.10 Å². The molecular weight excluding hydrogens is 170 g/mol. The van der Waals surface area contributed by atoms with Gasteiger partial charge in [0.05, 0.1) is 13.2 Å². The highest BCUT2D eigenvalue weighted by atomic mass is 16.5. The Labute approximate surface area is 76.6 Å². The summed E-state index contributed by atoms with van der Waals surface area (Å²) in [5, 5.41) is 18.8. The lowest BCUT2D eigenvalue weighted by Crippen LogP contribution is -2.12. The summed E-state index contributed by atoms with van der Waals surface area (Å²) in [5.74, 6) is 0.285. The third kappa shape index (κ3) is 1.91. The molecule has 0 radical (unpaired) electrons. The van der Waals surface area contributed by atoms with Crippen molar-refractivity contribution < 1.29 is 14.9 Å². The third-order valence-electron chi connectivity index (χ3n) is 1.81. The summed E-state index contributed by atoms with van der Waals surface area (Å²) in [6.07, 6.45) is -0.804. The molecule has 1 aromatic rings. The number of rotatable bonds is 3. The van der Waals surface area contributed by atoms with Crippen molar-refractivity contribution in [2.24, 2.45) is 5.73 Å². The van der Waals surface area contributed by atoms with Gasteiger partial charge in [-0.3, -0.25) is 0 Å². The fraction of sp³-hybridized carbons (Fsp3) is 0.333. The van der Waals surface area contributed by atoms with Crippen LogP contribution in [-0.4, -0.2) is 23.9 Å². The number of aromatic hydroxyl groups is 1. The Morgan fingerprint density at radius 2 is 2.23 bits per heavy atom. The largest absolute Gasteiger partial charge is 0.504 e. The molecule has 0 spiro atoms. The molecule has 1 rings (SSSR count). The number of aliphatic hydroxyl groups excluding tert-OH is 1. The number of benzene rings is 1. The number of methoxy groups -OCH3 is 1. The number of aliphatic hydroxyl groups is 1. The monoisotopic (exact) mass is 183 g/mol. The summed E-state index contributed by atoms with van der Waals surface area (Å²) >= 11 is 0. The maximum absolute atomic E-state index is 9.45. The van der Waals surface area contributed by atoms with Crippen LogP contribution in [0.1, 0.15) is 11.7 Å². The molecule has 4 N–H and O–H groups in total. The maximum atomic E-state index is 9.45. The van der Waals surface area contributed by atoms with E-state index >= 15 is 0 Å². The number of phenolic OH excluding ortho intramolecular Hbond substituents is 1. The van der Waals surface area contributed by atoms with Crippen molar-refractivity contribution in [2.45, 2.75) is 6.10 Å². The molecule has 4 nitrogen and oxygen atoms in total. The summed E-state index contributed by atoms with van der Waals surface area (Å²) < 4.78 is 4.93. The van der Waals surface area contributed by atoms with Crippen LogP contribution in [0, 0.1) is 0 Å². The van der Waals surface area contributed by atoms with E-state index in [1.165, 1.54) is 13.2 Å². The highest BCUT2D eigenvalue weighted by Crippen LogP contribution is 2.33. The van der Waals surface area contributed by atoms with Crippen LogP contribution in [0.5, 0.6) is 11.5 Å². The van der Waals surface area contributed by atoms with Gasteiger partial charge in [0, 0.05) is 12.1 Å². The maximum Gasteiger partial charge on any atom is 0.166 e. The second kappa shape index (κ2) is 4.11. The summed E-state index contributed by atoms with van der Waals surface area (Å²) in [6, 6.07) is 4.79. The van der Waals surface area contributed by atoms with Crippen molar-refractivity contribution in [3.05, 3.63) is 23.8 Å². The van der Waals surface area contributed by atoms with Crippen LogP contribution in [0.4, 0.5) is 0 Å². The first-order valence-corrected chi connectivity index (χ1v) is 3.94. The molecule has 0 bridgehead atoms. The third-order valence-corrected chi connectivity index (χ3v) is 1.81. The van der Waals surface area contributed by atoms with E-state index in [4.69, 9.17) is 10.5 Å². The second-order valence-electron chi connectivity index (χ2n) is 2.65. The molecular formula is C9H13NO3. The van der Waals surface area contributed by atoms with E-state index in [1.54, 1.807) is 12.1 Å². The van der Waals surface area contributed by atoms with Crippen molar-refractivity contribution in [2.75, 3.05) is 13.7 Å². The Morgan fingerprint density at radius 1 is 1.54 bits per heavy atom. The Hall–Kier alpha value is -1.26. The Balaban J connectivity index is 3.12. The fourth-order valence-electron chi connectivity index (χ4n) is 1.15. The first kappa shape index (κ1) is 9.83. The fourth-order valence-corrected chi connectivity index (χ4v) is 1.15. The minimum atomic E-state index is -0.804. The smallest absolute Gasteiger partial charge is 0.166 e. The van der Waals surface area contributed by atoms with Gasteiger partial charge in [0.1, 0.15) is 0 Å². The highest BCUT2D eigenvalue weighted by molar-refractivity contribution is 5.46. The number of nitrogens with two attached hydrogens (primary N) is 1. The quantitative estimate of drug-likeness (QED) is 0.633. The van der Waals surface area contributed by atoms with E-state index in [0.29, 0.717) is 5.56 Å². The predicted molar refractivity (Wildman–Crippen MR) is 48.7 cm³/mol. The van der Waals surface area contributed by atoms with Crippen LogP contribution in [0.15, 0.2) is 18.2 Å². The molecule has 0 aromatic heterocycles. The van der Waals surface area contributed by atoms with Gasteiger partial charge >= 0.3 is 0 Å². The molecule has 0 aliphatic heterocycles. The molecule has 0 amide bonds. The van der Waals surface area contributed by atoms with E-state index in [9.17, 15) is 10.2 Å². The predicted octanol–water partition coefficient (Wildman–Crippen LogP) is 0.393. The van der Waals surface area contributed by atoms with E-state index in [2.05, 4.69) is 0 Å². The molecule has 0 aliphatic carbocycles.